The molecule has 0 spiro atoms. The van der Waals surface area contributed by atoms with Gasteiger partial charge in [-0.05, 0) is 24.3 Å². The van der Waals surface area contributed by atoms with E-state index < -0.39 is 0 Å². The second-order valence-corrected chi connectivity index (χ2v) is 5.94. The minimum atomic E-state index is -0.386. The lowest BCUT2D eigenvalue weighted by atomic mass is 10.2. The number of H-pyrrole nitrogens is 1. The Balaban J connectivity index is 1.46. The van der Waals surface area contributed by atoms with Gasteiger partial charge in [-0.25, -0.2) is 4.98 Å². The monoisotopic (exact) mass is 372 g/mol. The number of benzene rings is 2. The van der Waals surface area contributed by atoms with Crippen LogP contribution in [0.2, 0.25) is 5.02 Å². The number of hydrogen-bond acceptors (Lipinski definition) is 5. The predicted molar refractivity (Wildman–Crippen MR) is 98.6 cm³/mol. The van der Waals surface area contributed by atoms with Crippen LogP contribution in [-0.4, -0.2) is 29.2 Å². The molecule has 7 heteroatoms. The van der Waals surface area contributed by atoms with E-state index in [9.17, 15) is 9.59 Å². The average molecular weight is 373 g/mol. The van der Waals surface area contributed by atoms with E-state index in [1.54, 1.807) is 36.4 Å². The van der Waals surface area contributed by atoms with Crippen LogP contribution in [-0.2, 0) is 16.0 Å². The summed E-state index contributed by atoms with van der Waals surface area (Å²) in [5.74, 6) is 0.615. The number of aryl methyl sites for hydroxylation is 1. The van der Waals surface area contributed by atoms with Crippen LogP contribution in [0.3, 0.4) is 0 Å². The molecule has 0 aliphatic carbocycles. The summed E-state index contributed by atoms with van der Waals surface area (Å²) >= 11 is 5.97. The molecule has 134 valence electrons. The number of nitrogens with zero attached hydrogens (tertiary/aromatic N) is 1. The van der Waals surface area contributed by atoms with Gasteiger partial charge >= 0.3 is 5.97 Å². The topological polar surface area (TPSA) is 81.3 Å². The highest BCUT2D eigenvalue weighted by Gasteiger charge is 2.08. The van der Waals surface area contributed by atoms with E-state index >= 15 is 0 Å². The zero-order chi connectivity index (χ0) is 18.4. The Labute approximate surface area is 154 Å². The van der Waals surface area contributed by atoms with Crippen molar-refractivity contribution in [3.63, 3.8) is 0 Å². The normalized spacial score (nSPS) is 10.7. The van der Waals surface area contributed by atoms with Gasteiger partial charge in [0.1, 0.15) is 24.8 Å². The molecule has 0 aliphatic rings. The fourth-order valence-electron chi connectivity index (χ4n) is 2.41. The van der Waals surface area contributed by atoms with Crippen LogP contribution in [0.4, 0.5) is 0 Å². The average Bonchev–Trinajstić information content (AvgIpc) is 2.65. The van der Waals surface area contributed by atoms with Crippen LogP contribution in [0.25, 0.3) is 10.9 Å². The van der Waals surface area contributed by atoms with Gasteiger partial charge < -0.3 is 14.5 Å². The number of aromatic nitrogens is 2. The molecule has 26 heavy (non-hydrogen) atoms. The third kappa shape index (κ3) is 4.61. The molecule has 6 nitrogen and oxygen atoms in total. The molecule has 0 saturated carbocycles. The third-order valence-corrected chi connectivity index (χ3v) is 3.98. The minimum Gasteiger partial charge on any atom is -0.488 e. The highest BCUT2D eigenvalue weighted by Crippen LogP contribution is 2.22. The van der Waals surface area contributed by atoms with Crippen molar-refractivity contribution in [3.05, 3.63) is 69.7 Å². The molecule has 0 radical (unpaired) electrons. The molecule has 0 unspecified atom stereocenters. The largest absolute Gasteiger partial charge is 0.488 e. The Hall–Kier alpha value is -2.86. The summed E-state index contributed by atoms with van der Waals surface area (Å²) < 4.78 is 10.6. The molecule has 1 N–H and O–H groups in total. The minimum absolute atomic E-state index is 0.117. The van der Waals surface area contributed by atoms with Crippen molar-refractivity contribution in [3.8, 4) is 5.75 Å². The standard InChI is InChI=1S/C19H17ClN2O4/c20-14-6-2-4-8-16(14)25-11-12-26-18(23)10-9-17-21-15-7-3-1-5-13(15)19(24)22-17/h1-8H,9-12H2,(H,21,22,24). The van der Waals surface area contributed by atoms with Crippen LogP contribution in [0, 0.1) is 0 Å². The Kier molecular flexibility index (Phi) is 5.86. The van der Waals surface area contributed by atoms with Gasteiger partial charge in [0.25, 0.3) is 5.56 Å². The number of rotatable bonds is 7. The SMILES string of the molecule is O=C(CCc1nc2ccccc2c(=O)[nH]1)OCCOc1ccccc1Cl. The number of carbonyl (C=O) groups is 1. The number of para-hydroxylation sites is 2. The summed E-state index contributed by atoms with van der Waals surface area (Å²) in [5, 5.41) is 1.03. The molecule has 3 aromatic rings. The summed E-state index contributed by atoms with van der Waals surface area (Å²) in [6.07, 6.45) is 0.414. The van der Waals surface area contributed by atoms with Gasteiger partial charge in [-0.2, -0.15) is 0 Å². The molecular formula is C19H17ClN2O4. The van der Waals surface area contributed by atoms with Gasteiger partial charge in [0.2, 0.25) is 0 Å². The summed E-state index contributed by atoms with van der Waals surface area (Å²) in [6.45, 7) is 0.326. The smallest absolute Gasteiger partial charge is 0.306 e. The molecule has 1 heterocycles. The van der Waals surface area contributed by atoms with Gasteiger partial charge in [0.05, 0.1) is 22.3 Å². The van der Waals surface area contributed by atoms with E-state index in [-0.39, 0.29) is 31.2 Å². The van der Waals surface area contributed by atoms with Gasteiger partial charge in [-0.3, -0.25) is 9.59 Å². The fourth-order valence-corrected chi connectivity index (χ4v) is 2.61. The first kappa shape index (κ1) is 17.9. The highest BCUT2D eigenvalue weighted by molar-refractivity contribution is 6.32. The van der Waals surface area contributed by atoms with Gasteiger partial charge in [-0.1, -0.05) is 35.9 Å². The van der Waals surface area contributed by atoms with E-state index in [4.69, 9.17) is 21.1 Å². The summed E-state index contributed by atoms with van der Waals surface area (Å²) in [6, 6.07) is 14.1. The number of ether oxygens (including phenoxy) is 2. The highest BCUT2D eigenvalue weighted by atomic mass is 35.5. The maximum Gasteiger partial charge on any atom is 0.306 e. The van der Waals surface area contributed by atoms with Crippen molar-refractivity contribution in [1.29, 1.82) is 0 Å². The Morgan fingerprint density at radius 3 is 2.69 bits per heavy atom. The Morgan fingerprint density at radius 2 is 1.85 bits per heavy atom. The van der Waals surface area contributed by atoms with E-state index in [1.165, 1.54) is 0 Å². The predicted octanol–water partition coefficient (Wildman–Crippen LogP) is 3.13. The van der Waals surface area contributed by atoms with Crippen molar-refractivity contribution in [2.24, 2.45) is 0 Å². The van der Waals surface area contributed by atoms with Crippen LogP contribution in [0.5, 0.6) is 5.75 Å². The summed E-state index contributed by atoms with van der Waals surface area (Å²) in [4.78, 5) is 30.8. The number of nitrogens with one attached hydrogen (secondary N) is 1. The van der Waals surface area contributed by atoms with E-state index in [1.807, 2.05) is 12.1 Å². The van der Waals surface area contributed by atoms with Crippen molar-refractivity contribution < 1.29 is 14.3 Å². The quantitative estimate of drug-likeness (QED) is 0.509. The molecular weight excluding hydrogens is 356 g/mol. The van der Waals surface area contributed by atoms with Gasteiger partial charge in [0.15, 0.2) is 0 Å². The molecule has 2 aromatic carbocycles. The van der Waals surface area contributed by atoms with E-state index in [0.717, 1.165) is 0 Å². The van der Waals surface area contributed by atoms with Gasteiger partial charge in [0, 0.05) is 6.42 Å². The molecule has 0 amide bonds. The lowest BCUT2D eigenvalue weighted by molar-refractivity contribution is -0.144. The van der Waals surface area contributed by atoms with Crippen molar-refractivity contribution in [1.82, 2.24) is 9.97 Å². The van der Waals surface area contributed by atoms with Gasteiger partial charge in [-0.15, -0.1) is 0 Å². The first-order chi connectivity index (χ1) is 12.6. The summed E-state index contributed by atoms with van der Waals surface area (Å²) in [7, 11) is 0. The zero-order valence-electron chi connectivity index (χ0n) is 13.9. The first-order valence-corrected chi connectivity index (χ1v) is 8.52. The van der Waals surface area contributed by atoms with Crippen molar-refractivity contribution in [2.75, 3.05) is 13.2 Å². The second-order valence-electron chi connectivity index (χ2n) is 5.53. The zero-order valence-corrected chi connectivity index (χ0v) is 14.7. The lowest BCUT2D eigenvalue weighted by Crippen LogP contribution is -2.15. The van der Waals surface area contributed by atoms with E-state index in [2.05, 4.69) is 9.97 Å². The second kappa shape index (κ2) is 8.49. The molecule has 0 saturated heterocycles. The molecule has 0 atom stereocenters. The fraction of sp³-hybridized carbons (Fsp3) is 0.211. The molecule has 0 fully saturated rings. The van der Waals surface area contributed by atoms with Crippen LogP contribution in [0.15, 0.2) is 53.3 Å². The van der Waals surface area contributed by atoms with Crippen molar-refractivity contribution >= 4 is 28.5 Å². The number of aromatic amines is 1. The van der Waals surface area contributed by atoms with E-state index in [0.29, 0.717) is 33.9 Å². The maximum atomic E-state index is 12.0. The lowest BCUT2D eigenvalue weighted by Gasteiger charge is -2.08. The number of hydrogen-bond donors (Lipinski definition) is 1. The Bertz CT molecular complexity index is 971. The number of halogens is 1. The molecule has 1 aromatic heterocycles. The van der Waals surface area contributed by atoms with Crippen molar-refractivity contribution in [2.45, 2.75) is 12.8 Å². The third-order valence-electron chi connectivity index (χ3n) is 3.67. The first-order valence-electron chi connectivity index (χ1n) is 8.14. The number of fused-ring (bicyclic) bond motifs is 1. The molecule has 0 bridgehead atoms. The summed E-state index contributed by atoms with van der Waals surface area (Å²) in [5.41, 5.74) is 0.389. The number of carbonyl (C=O) groups excluding carboxylic acids is 1. The molecule has 3 rings (SSSR count). The van der Waals surface area contributed by atoms with Crippen LogP contribution < -0.4 is 10.3 Å². The van der Waals surface area contributed by atoms with Crippen LogP contribution in [0.1, 0.15) is 12.2 Å². The number of esters is 1. The maximum absolute atomic E-state index is 12.0. The molecule has 0 aliphatic heterocycles. The Morgan fingerprint density at radius 1 is 1.08 bits per heavy atom. The van der Waals surface area contributed by atoms with Crippen LogP contribution >= 0.6 is 11.6 Å².